The summed E-state index contributed by atoms with van der Waals surface area (Å²) in [6.45, 7) is 1.54. The van der Waals surface area contributed by atoms with Gasteiger partial charge in [-0.05, 0) is 25.1 Å². The van der Waals surface area contributed by atoms with Crippen LogP contribution in [-0.4, -0.2) is 22.8 Å². The number of carbonyl (C=O) groups is 2. The number of carbonyl (C=O) groups excluding carboxylic acids is 2. The van der Waals surface area contributed by atoms with Crippen molar-refractivity contribution in [1.29, 1.82) is 0 Å². The van der Waals surface area contributed by atoms with Crippen molar-refractivity contribution in [3.8, 4) is 0 Å². The van der Waals surface area contributed by atoms with Gasteiger partial charge in [0.15, 0.2) is 0 Å². The lowest BCUT2D eigenvalue weighted by atomic mass is 10.1. The maximum atomic E-state index is 12.1. The zero-order chi connectivity index (χ0) is 16.8. The Morgan fingerprint density at radius 3 is 2.43 bits per heavy atom. The molecule has 0 radical (unpaired) electrons. The fourth-order valence-corrected chi connectivity index (χ4v) is 1.88. The molecule has 0 aliphatic carbocycles. The number of non-ortho nitro benzene ring substituents is 1. The number of rotatable bonds is 5. The Hall–Kier alpha value is -3.22. The van der Waals surface area contributed by atoms with Crippen LogP contribution in [0.2, 0.25) is 0 Å². The lowest BCUT2D eigenvalue weighted by molar-refractivity contribution is -0.384. The quantitative estimate of drug-likeness (QED) is 0.653. The first-order chi connectivity index (χ1) is 11.0. The molecule has 7 heteroatoms. The summed E-state index contributed by atoms with van der Waals surface area (Å²) in [5, 5.41) is 15.9. The lowest BCUT2D eigenvalue weighted by Crippen LogP contribution is -2.41. The number of nitro groups is 1. The number of anilines is 1. The Morgan fingerprint density at radius 2 is 1.78 bits per heavy atom. The van der Waals surface area contributed by atoms with Gasteiger partial charge in [-0.25, -0.2) is 0 Å². The van der Waals surface area contributed by atoms with E-state index >= 15 is 0 Å². The number of amides is 2. The number of nitrogens with one attached hydrogen (secondary N) is 2. The predicted octanol–water partition coefficient (Wildman–Crippen LogP) is 2.35. The summed E-state index contributed by atoms with van der Waals surface area (Å²) in [5.41, 5.74) is 0.562. The molecule has 0 bridgehead atoms. The zero-order valence-electron chi connectivity index (χ0n) is 12.4. The topological polar surface area (TPSA) is 101 Å². The summed E-state index contributed by atoms with van der Waals surface area (Å²) >= 11 is 0. The van der Waals surface area contributed by atoms with Gasteiger partial charge >= 0.3 is 0 Å². The van der Waals surface area contributed by atoms with Gasteiger partial charge in [-0.2, -0.15) is 0 Å². The highest BCUT2D eigenvalue weighted by Crippen LogP contribution is 2.13. The highest BCUT2D eigenvalue weighted by molar-refractivity contribution is 6.01. The van der Waals surface area contributed by atoms with Crippen molar-refractivity contribution in [3.63, 3.8) is 0 Å². The maximum absolute atomic E-state index is 12.1. The van der Waals surface area contributed by atoms with E-state index in [0.29, 0.717) is 5.69 Å². The Balaban J connectivity index is 2.00. The maximum Gasteiger partial charge on any atom is 0.270 e. The second kappa shape index (κ2) is 7.17. The number of nitrogens with zero attached hydrogens (tertiary/aromatic N) is 1. The van der Waals surface area contributed by atoms with Crippen molar-refractivity contribution in [2.45, 2.75) is 13.0 Å². The first kappa shape index (κ1) is 16.2. The van der Waals surface area contributed by atoms with Crippen LogP contribution < -0.4 is 10.6 Å². The van der Waals surface area contributed by atoms with Crippen LogP contribution in [0.15, 0.2) is 54.6 Å². The molecule has 0 fully saturated rings. The molecule has 0 heterocycles. The third-order valence-electron chi connectivity index (χ3n) is 3.10. The molecule has 0 saturated heterocycles. The zero-order valence-corrected chi connectivity index (χ0v) is 12.4. The summed E-state index contributed by atoms with van der Waals surface area (Å²) in [6, 6.07) is 13.4. The molecule has 0 spiro atoms. The third-order valence-corrected chi connectivity index (χ3v) is 3.10. The molecule has 2 aromatic rings. The van der Waals surface area contributed by atoms with E-state index in [1.165, 1.54) is 25.1 Å². The van der Waals surface area contributed by atoms with Gasteiger partial charge in [0.25, 0.3) is 11.6 Å². The molecule has 23 heavy (non-hydrogen) atoms. The minimum absolute atomic E-state index is 0.124. The Labute approximate surface area is 132 Å². The average Bonchev–Trinajstić information content (AvgIpc) is 2.55. The molecular formula is C16H15N3O4. The van der Waals surface area contributed by atoms with E-state index in [1.807, 2.05) is 6.07 Å². The van der Waals surface area contributed by atoms with E-state index < -0.39 is 16.9 Å². The summed E-state index contributed by atoms with van der Waals surface area (Å²) in [7, 11) is 0. The molecule has 7 nitrogen and oxygen atoms in total. The van der Waals surface area contributed by atoms with Crippen LogP contribution in [0, 0.1) is 10.1 Å². The minimum Gasteiger partial charge on any atom is -0.341 e. The van der Waals surface area contributed by atoms with Crippen LogP contribution in [-0.2, 0) is 4.79 Å². The van der Waals surface area contributed by atoms with Gasteiger partial charge in [-0.3, -0.25) is 19.7 Å². The molecule has 0 aliphatic rings. The summed E-state index contributed by atoms with van der Waals surface area (Å²) < 4.78 is 0. The van der Waals surface area contributed by atoms with Crippen molar-refractivity contribution < 1.29 is 14.5 Å². The normalized spacial score (nSPS) is 11.3. The van der Waals surface area contributed by atoms with Gasteiger partial charge in [-0.1, -0.05) is 24.3 Å². The van der Waals surface area contributed by atoms with Gasteiger partial charge in [0.2, 0.25) is 5.91 Å². The van der Waals surface area contributed by atoms with E-state index in [2.05, 4.69) is 10.6 Å². The van der Waals surface area contributed by atoms with Crippen LogP contribution in [0.3, 0.4) is 0 Å². The van der Waals surface area contributed by atoms with Crippen molar-refractivity contribution in [1.82, 2.24) is 5.32 Å². The molecular weight excluding hydrogens is 298 g/mol. The Kier molecular flexibility index (Phi) is 5.03. The van der Waals surface area contributed by atoms with Crippen LogP contribution in [0.5, 0.6) is 0 Å². The fraction of sp³-hybridized carbons (Fsp3) is 0.125. The van der Waals surface area contributed by atoms with Crippen LogP contribution in [0.4, 0.5) is 11.4 Å². The molecule has 1 atom stereocenters. The highest BCUT2D eigenvalue weighted by atomic mass is 16.6. The largest absolute Gasteiger partial charge is 0.341 e. The number of para-hydroxylation sites is 1. The van der Waals surface area contributed by atoms with Crippen LogP contribution in [0.1, 0.15) is 17.3 Å². The van der Waals surface area contributed by atoms with Gasteiger partial charge in [-0.15, -0.1) is 0 Å². The molecule has 0 aliphatic heterocycles. The molecule has 118 valence electrons. The smallest absolute Gasteiger partial charge is 0.270 e. The number of nitro benzene ring substituents is 1. The molecule has 0 unspecified atom stereocenters. The average molecular weight is 313 g/mol. The van der Waals surface area contributed by atoms with E-state index in [9.17, 15) is 19.7 Å². The SMILES string of the molecule is C[C@H](NC(=O)c1cccc([N+](=O)[O-])c1)C(=O)Nc1ccccc1. The summed E-state index contributed by atoms with van der Waals surface area (Å²) in [4.78, 5) is 34.2. The summed E-state index contributed by atoms with van der Waals surface area (Å²) in [6.07, 6.45) is 0. The van der Waals surface area contributed by atoms with E-state index in [0.717, 1.165) is 6.07 Å². The summed E-state index contributed by atoms with van der Waals surface area (Å²) in [5.74, 6) is -0.931. The van der Waals surface area contributed by atoms with Gasteiger partial charge in [0.1, 0.15) is 6.04 Å². The molecule has 2 aromatic carbocycles. The molecule has 0 aromatic heterocycles. The van der Waals surface area contributed by atoms with Crippen molar-refractivity contribution in [3.05, 3.63) is 70.3 Å². The predicted molar refractivity (Wildman–Crippen MR) is 85.1 cm³/mol. The van der Waals surface area contributed by atoms with Gasteiger partial charge < -0.3 is 10.6 Å². The first-order valence-corrected chi connectivity index (χ1v) is 6.88. The minimum atomic E-state index is -0.790. The molecule has 0 saturated carbocycles. The molecule has 2 rings (SSSR count). The van der Waals surface area contributed by atoms with Crippen LogP contribution >= 0.6 is 0 Å². The molecule has 2 amide bonds. The monoisotopic (exact) mass is 313 g/mol. The van der Waals surface area contributed by atoms with Crippen molar-refractivity contribution >= 4 is 23.2 Å². The van der Waals surface area contributed by atoms with E-state index in [-0.39, 0.29) is 17.2 Å². The number of hydrogen-bond acceptors (Lipinski definition) is 4. The van der Waals surface area contributed by atoms with E-state index in [4.69, 9.17) is 0 Å². The second-order valence-electron chi connectivity index (χ2n) is 4.86. The molecule has 2 N–H and O–H groups in total. The highest BCUT2D eigenvalue weighted by Gasteiger charge is 2.18. The van der Waals surface area contributed by atoms with Gasteiger partial charge in [0, 0.05) is 23.4 Å². The van der Waals surface area contributed by atoms with Crippen LogP contribution in [0.25, 0.3) is 0 Å². The Bertz CT molecular complexity index is 731. The van der Waals surface area contributed by atoms with Crippen molar-refractivity contribution in [2.24, 2.45) is 0 Å². The second-order valence-corrected chi connectivity index (χ2v) is 4.86. The van der Waals surface area contributed by atoms with E-state index in [1.54, 1.807) is 24.3 Å². The van der Waals surface area contributed by atoms with Gasteiger partial charge in [0.05, 0.1) is 4.92 Å². The lowest BCUT2D eigenvalue weighted by Gasteiger charge is -2.14. The fourth-order valence-electron chi connectivity index (χ4n) is 1.88. The Morgan fingerprint density at radius 1 is 1.09 bits per heavy atom. The third kappa shape index (κ3) is 4.37. The number of hydrogen-bond donors (Lipinski definition) is 2. The first-order valence-electron chi connectivity index (χ1n) is 6.88. The van der Waals surface area contributed by atoms with Crippen molar-refractivity contribution in [2.75, 3.05) is 5.32 Å². The standard InChI is InChI=1S/C16H15N3O4/c1-11(15(20)18-13-7-3-2-4-8-13)17-16(21)12-6-5-9-14(10-12)19(22)23/h2-11H,1H3,(H,17,21)(H,18,20)/t11-/m0/s1. The number of benzene rings is 2.